The van der Waals surface area contributed by atoms with Gasteiger partial charge in [0.1, 0.15) is 0 Å². The van der Waals surface area contributed by atoms with Crippen LogP contribution in [0.4, 0.5) is 0 Å². The topological polar surface area (TPSA) is 72.5 Å². The second kappa shape index (κ2) is 6.17. The van der Waals surface area contributed by atoms with Crippen molar-refractivity contribution in [2.45, 2.75) is 43.7 Å². The van der Waals surface area contributed by atoms with Crippen molar-refractivity contribution >= 4 is 5.97 Å². The minimum atomic E-state index is -0.992. The fraction of sp³-hybridized carbons (Fsp3) is 0.533. The molecule has 1 atom stereocenters. The van der Waals surface area contributed by atoms with E-state index in [1.807, 2.05) is 30.3 Å². The molecule has 0 bridgehead atoms. The molecule has 1 aliphatic carbocycles. The van der Waals surface area contributed by atoms with Crippen LogP contribution >= 0.6 is 0 Å². The first-order valence-corrected chi connectivity index (χ1v) is 6.79. The molecule has 0 aliphatic heterocycles. The van der Waals surface area contributed by atoms with Gasteiger partial charge in [0, 0.05) is 6.04 Å². The number of carboxylic acid groups (broad SMARTS) is 1. The lowest BCUT2D eigenvalue weighted by molar-refractivity contribution is -0.165. The highest BCUT2D eigenvalue weighted by Crippen LogP contribution is 2.33. The van der Waals surface area contributed by atoms with E-state index in [2.05, 4.69) is 0 Å². The molecule has 19 heavy (non-hydrogen) atoms. The van der Waals surface area contributed by atoms with Crippen molar-refractivity contribution in [3.63, 3.8) is 0 Å². The molecule has 1 aliphatic rings. The molecule has 0 amide bonds. The molecule has 0 aromatic heterocycles. The smallest absolute Gasteiger partial charge is 0.335 e. The summed E-state index contributed by atoms with van der Waals surface area (Å²) in [6, 6.07) is 9.77. The maximum atomic E-state index is 11.3. The average Bonchev–Trinajstić information content (AvgIpc) is 2.88. The van der Waals surface area contributed by atoms with Gasteiger partial charge < -0.3 is 15.6 Å². The van der Waals surface area contributed by atoms with Crippen LogP contribution in [0.2, 0.25) is 0 Å². The Hall–Kier alpha value is -1.39. The normalized spacial score (nSPS) is 19.2. The zero-order valence-electron chi connectivity index (χ0n) is 11.0. The van der Waals surface area contributed by atoms with Crippen LogP contribution in [0, 0.1) is 0 Å². The number of carboxylic acids is 1. The molecule has 1 aromatic rings. The Kier molecular flexibility index (Phi) is 4.56. The molecule has 4 nitrogen and oxygen atoms in total. The molecule has 1 fully saturated rings. The molecule has 2 rings (SSSR count). The first kappa shape index (κ1) is 14.0. The van der Waals surface area contributed by atoms with Crippen molar-refractivity contribution in [2.24, 2.45) is 5.73 Å². The largest absolute Gasteiger partial charge is 0.479 e. The minimum absolute atomic E-state index is 0.167. The molecule has 104 valence electrons. The summed E-state index contributed by atoms with van der Waals surface area (Å²) in [5, 5.41) is 9.30. The van der Waals surface area contributed by atoms with E-state index in [-0.39, 0.29) is 6.04 Å². The molecule has 0 spiro atoms. The number of benzene rings is 1. The van der Waals surface area contributed by atoms with Crippen LogP contribution in [0.15, 0.2) is 30.3 Å². The van der Waals surface area contributed by atoms with Gasteiger partial charge in [-0.15, -0.1) is 0 Å². The van der Waals surface area contributed by atoms with Crippen LogP contribution in [-0.2, 0) is 16.0 Å². The Labute approximate surface area is 113 Å². The monoisotopic (exact) mass is 263 g/mol. The molecule has 1 saturated carbocycles. The average molecular weight is 263 g/mol. The van der Waals surface area contributed by atoms with Gasteiger partial charge in [0.25, 0.3) is 0 Å². The van der Waals surface area contributed by atoms with Crippen molar-refractivity contribution in [3.8, 4) is 0 Å². The SMILES string of the molecule is N[C@H](COC1(C(=O)O)CCCC1)Cc1ccccc1. The summed E-state index contributed by atoms with van der Waals surface area (Å²) in [5.41, 5.74) is 6.18. The number of hydrogen-bond acceptors (Lipinski definition) is 3. The molecule has 3 N–H and O–H groups in total. The van der Waals surface area contributed by atoms with Gasteiger partial charge in [-0.25, -0.2) is 4.79 Å². The number of ether oxygens (including phenoxy) is 1. The highest BCUT2D eigenvalue weighted by Gasteiger charge is 2.42. The summed E-state index contributed by atoms with van der Waals surface area (Å²) >= 11 is 0. The fourth-order valence-corrected chi connectivity index (χ4v) is 2.61. The van der Waals surface area contributed by atoms with Gasteiger partial charge in [-0.2, -0.15) is 0 Å². The van der Waals surface area contributed by atoms with E-state index in [9.17, 15) is 9.90 Å². The number of hydrogen-bond donors (Lipinski definition) is 2. The second-order valence-corrected chi connectivity index (χ2v) is 5.27. The summed E-state index contributed by atoms with van der Waals surface area (Å²) in [6.45, 7) is 0.293. The van der Waals surface area contributed by atoms with E-state index >= 15 is 0 Å². The molecular weight excluding hydrogens is 242 g/mol. The predicted molar refractivity (Wildman–Crippen MR) is 72.9 cm³/mol. The quantitative estimate of drug-likeness (QED) is 0.823. The first-order valence-electron chi connectivity index (χ1n) is 6.79. The van der Waals surface area contributed by atoms with Crippen LogP contribution in [0.1, 0.15) is 31.2 Å². The van der Waals surface area contributed by atoms with Gasteiger partial charge in [0.2, 0.25) is 0 Å². The van der Waals surface area contributed by atoms with Gasteiger partial charge in [-0.3, -0.25) is 0 Å². The third kappa shape index (κ3) is 3.55. The predicted octanol–water partition coefficient (Wildman–Crippen LogP) is 1.97. The van der Waals surface area contributed by atoms with Crippen molar-refractivity contribution in [3.05, 3.63) is 35.9 Å². The summed E-state index contributed by atoms with van der Waals surface area (Å²) in [7, 11) is 0. The van der Waals surface area contributed by atoms with Gasteiger partial charge >= 0.3 is 5.97 Å². The highest BCUT2D eigenvalue weighted by molar-refractivity contribution is 5.77. The molecule has 1 aromatic carbocycles. The molecular formula is C15H21NO3. The molecule has 0 heterocycles. The third-order valence-corrected chi connectivity index (χ3v) is 3.72. The van der Waals surface area contributed by atoms with E-state index in [0.717, 1.165) is 18.4 Å². The van der Waals surface area contributed by atoms with Gasteiger partial charge in [0.05, 0.1) is 6.61 Å². The van der Waals surface area contributed by atoms with Crippen LogP contribution in [0.25, 0.3) is 0 Å². The Morgan fingerprint density at radius 2 is 1.95 bits per heavy atom. The summed E-state index contributed by atoms with van der Waals surface area (Å²) < 4.78 is 5.66. The summed E-state index contributed by atoms with van der Waals surface area (Å²) in [5.74, 6) is -0.850. The van der Waals surface area contributed by atoms with Gasteiger partial charge in [-0.05, 0) is 37.7 Å². The number of carbonyl (C=O) groups is 1. The van der Waals surface area contributed by atoms with Crippen molar-refractivity contribution in [1.29, 1.82) is 0 Å². The molecule has 0 saturated heterocycles. The zero-order valence-corrected chi connectivity index (χ0v) is 11.0. The van der Waals surface area contributed by atoms with Crippen LogP contribution in [0.3, 0.4) is 0 Å². The Balaban J connectivity index is 1.86. The van der Waals surface area contributed by atoms with Crippen molar-refractivity contribution in [1.82, 2.24) is 0 Å². The summed E-state index contributed by atoms with van der Waals surface area (Å²) in [4.78, 5) is 11.3. The number of nitrogens with two attached hydrogens (primary N) is 1. The van der Waals surface area contributed by atoms with E-state index in [4.69, 9.17) is 10.5 Å². The molecule has 0 radical (unpaired) electrons. The third-order valence-electron chi connectivity index (χ3n) is 3.72. The van der Waals surface area contributed by atoms with Gasteiger partial charge in [0.15, 0.2) is 5.60 Å². The maximum absolute atomic E-state index is 11.3. The second-order valence-electron chi connectivity index (χ2n) is 5.27. The van der Waals surface area contributed by atoms with Gasteiger partial charge in [-0.1, -0.05) is 30.3 Å². The van der Waals surface area contributed by atoms with Crippen LogP contribution in [0.5, 0.6) is 0 Å². The maximum Gasteiger partial charge on any atom is 0.335 e. The van der Waals surface area contributed by atoms with Crippen LogP contribution in [-0.4, -0.2) is 29.3 Å². The van der Waals surface area contributed by atoms with Crippen molar-refractivity contribution in [2.75, 3.05) is 6.61 Å². The Bertz CT molecular complexity index is 413. The van der Waals surface area contributed by atoms with E-state index in [1.165, 1.54) is 0 Å². The summed E-state index contributed by atoms with van der Waals surface area (Å²) in [6.07, 6.45) is 3.73. The minimum Gasteiger partial charge on any atom is -0.479 e. The van der Waals surface area contributed by atoms with Crippen LogP contribution < -0.4 is 5.73 Å². The lowest BCUT2D eigenvalue weighted by Gasteiger charge is -2.26. The molecule has 4 heteroatoms. The fourth-order valence-electron chi connectivity index (χ4n) is 2.61. The highest BCUT2D eigenvalue weighted by atomic mass is 16.5. The Morgan fingerprint density at radius 3 is 2.53 bits per heavy atom. The Morgan fingerprint density at radius 1 is 1.32 bits per heavy atom. The van der Waals surface area contributed by atoms with Crippen molar-refractivity contribution < 1.29 is 14.6 Å². The van der Waals surface area contributed by atoms with E-state index < -0.39 is 11.6 Å². The standard InChI is InChI=1S/C15H21NO3/c16-13(10-12-6-2-1-3-7-12)11-19-15(14(17)18)8-4-5-9-15/h1-3,6-7,13H,4-5,8-11,16H2,(H,17,18)/t13-/m0/s1. The van der Waals surface area contributed by atoms with E-state index in [1.54, 1.807) is 0 Å². The first-order chi connectivity index (χ1) is 9.12. The lowest BCUT2D eigenvalue weighted by atomic mass is 10.0. The lowest BCUT2D eigenvalue weighted by Crippen LogP contribution is -2.42. The zero-order chi connectivity index (χ0) is 13.7. The molecule has 0 unspecified atom stereocenters. The van der Waals surface area contributed by atoms with E-state index in [0.29, 0.717) is 25.9 Å². The number of aliphatic carboxylic acids is 1. The number of rotatable bonds is 6.